The first-order valence-corrected chi connectivity index (χ1v) is 14.1. The van der Waals surface area contributed by atoms with E-state index in [1.54, 1.807) is 0 Å². The number of carbonyl (C=O) groups is 1. The van der Waals surface area contributed by atoms with Crippen molar-refractivity contribution in [2.45, 2.75) is 103 Å². The quantitative estimate of drug-likeness (QED) is 0.177. The van der Waals surface area contributed by atoms with Crippen LogP contribution in [-0.4, -0.2) is 19.0 Å². The second-order valence-electron chi connectivity index (χ2n) is 9.60. The molecule has 2 aromatic rings. The lowest BCUT2D eigenvalue weighted by Crippen LogP contribution is -2.30. The number of anilines is 1. The molecule has 2 N–H and O–H groups in total. The number of rotatable bonds is 21. The van der Waals surface area contributed by atoms with E-state index >= 15 is 0 Å². The van der Waals surface area contributed by atoms with E-state index in [4.69, 9.17) is 4.74 Å². The van der Waals surface area contributed by atoms with Crippen LogP contribution in [0.5, 0.6) is 5.75 Å². The van der Waals surface area contributed by atoms with Crippen molar-refractivity contribution >= 4 is 11.6 Å². The minimum Gasteiger partial charge on any atom is -0.489 e. The van der Waals surface area contributed by atoms with Crippen LogP contribution < -0.4 is 15.4 Å². The van der Waals surface area contributed by atoms with Crippen LogP contribution in [-0.2, 0) is 11.4 Å². The molecular formula is C31H48N2O2. The van der Waals surface area contributed by atoms with Crippen LogP contribution in [0.3, 0.4) is 0 Å². The predicted molar refractivity (Wildman–Crippen MR) is 149 cm³/mol. The fraction of sp³-hybridized carbons (Fsp3) is 0.581. The highest BCUT2D eigenvalue weighted by atomic mass is 16.5. The van der Waals surface area contributed by atoms with E-state index in [-0.39, 0.29) is 12.5 Å². The average molecular weight is 481 g/mol. The molecule has 0 atom stereocenters. The summed E-state index contributed by atoms with van der Waals surface area (Å²) in [4.78, 5) is 12.1. The Morgan fingerprint density at radius 2 is 1.31 bits per heavy atom. The molecule has 0 aliphatic heterocycles. The molecule has 0 aliphatic rings. The number of ether oxygens (including phenoxy) is 1. The molecule has 0 saturated heterocycles. The first kappa shape index (κ1) is 28.7. The standard InChI is InChI=1S/C31H48N2O2/c1-2-3-4-5-6-7-8-9-10-11-12-13-14-18-24-32-31(34)26-33-29-22-19-23-30(25-29)35-27-28-20-16-15-17-21-28/h15-17,19-23,25,33H,2-14,18,24,26-27H2,1H3,(H,32,34). The van der Waals surface area contributed by atoms with Gasteiger partial charge in [-0.3, -0.25) is 4.79 Å². The predicted octanol–water partition coefficient (Wildman–Crippen LogP) is 8.28. The molecule has 0 radical (unpaired) electrons. The fourth-order valence-corrected chi connectivity index (χ4v) is 4.23. The summed E-state index contributed by atoms with van der Waals surface area (Å²) in [6.07, 6.45) is 18.9. The molecule has 0 bridgehead atoms. The highest BCUT2D eigenvalue weighted by molar-refractivity contribution is 5.80. The van der Waals surface area contributed by atoms with E-state index in [1.807, 2.05) is 54.6 Å². The van der Waals surface area contributed by atoms with Gasteiger partial charge in [0.1, 0.15) is 12.4 Å². The number of amides is 1. The number of hydrogen-bond donors (Lipinski definition) is 2. The Labute approximate surface area is 214 Å². The zero-order chi connectivity index (χ0) is 24.8. The largest absolute Gasteiger partial charge is 0.489 e. The first-order valence-electron chi connectivity index (χ1n) is 14.1. The summed E-state index contributed by atoms with van der Waals surface area (Å²) in [5.74, 6) is 0.831. The molecule has 4 heteroatoms. The van der Waals surface area contributed by atoms with Gasteiger partial charge in [-0.1, -0.05) is 127 Å². The van der Waals surface area contributed by atoms with Crippen LogP contribution in [0.2, 0.25) is 0 Å². The number of benzene rings is 2. The topological polar surface area (TPSA) is 50.4 Å². The molecule has 1 amide bonds. The second-order valence-corrected chi connectivity index (χ2v) is 9.60. The third-order valence-corrected chi connectivity index (χ3v) is 6.39. The molecule has 0 spiro atoms. The molecule has 35 heavy (non-hydrogen) atoms. The number of nitrogens with one attached hydrogen (secondary N) is 2. The second kappa shape index (κ2) is 19.8. The Bertz CT molecular complexity index is 779. The average Bonchev–Trinajstić information content (AvgIpc) is 2.89. The summed E-state index contributed by atoms with van der Waals surface area (Å²) < 4.78 is 5.86. The van der Waals surface area contributed by atoms with E-state index in [0.717, 1.165) is 30.0 Å². The van der Waals surface area contributed by atoms with Crippen molar-refractivity contribution in [3.8, 4) is 5.75 Å². The Kier molecular flexibility index (Phi) is 16.2. The van der Waals surface area contributed by atoms with Crippen LogP contribution in [0, 0.1) is 0 Å². The van der Waals surface area contributed by atoms with Gasteiger partial charge in [-0.05, 0) is 24.1 Å². The zero-order valence-electron chi connectivity index (χ0n) is 22.0. The van der Waals surface area contributed by atoms with Crippen molar-refractivity contribution in [2.24, 2.45) is 0 Å². The van der Waals surface area contributed by atoms with E-state index < -0.39 is 0 Å². The molecule has 194 valence electrons. The molecule has 0 heterocycles. The van der Waals surface area contributed by atoms with Crippen LogP contribution >= 0.6 is 0 Å². The van der Waals surface area contributed by atoms with E-state index in [1.165, 1.54) is 83.5 Å². The van der Waals surface area contributed by atoms with Crippen LogP contribution in [0.25, 0.3) is 0 Å². The van der Waals surface area contributed by atoms with Gasteiger partial charge in [0.15, 0.2) is 0 Å². The van der Waals surface area contributed by atoms with Crippen molar-refractivity contribution in [3.05, 3.63) is 60.2 Å². The summed E-state index contributed by atoms with van der Waals surface area (Å²) in [6.45, 7) is 3.85. The summed E-state index contributed by atoms with van der Waals surface area (Å²) in [5.41, 5.74) is 2.02. The molecule has 0 unspecified atom stereocenters. The highest BCUT2D eigenvalue weighted by Crippen LogP contribution is 2.18. The van der Waals surface area contributed by atoms with Gasteiger partial charge in [-0.15, -0.1) is 0 Å². The van der Waals surface area contributed by atoms with Gasteiger partial charge >= 0.3 is 0 Å². The minimum absolute atomic E-state index is 0.0373. The van der Waals surface area contributed by atoms with Gasteiger partial charge in [-0.2, -0.15) is 0 Å². The van der Waals surface area contributed by atoms with Crippen molar-refractivity contribution in [1.29, 1.82) is 0 Å². The van der Waals surface area contributed by atoms with Crippen molar-refractivity contribution in [2.75, 3.05) is 18.4 Å². The van der Waals surface area contributed by atoms with Gasteiger partial charge < -0.3 is 15.4 Å². The highest BCUT2D eigenvalue weighted by Gasteiger charge is 2.03. The number of unbranched alkanes of at least 4 members (excludes halogenated alkanes) is 13. The van der Waals surface area contributed by atoms with Crippen LogP contribution in [0.4, 0.5) is 5.69 Å². The van der Waals surface area contributed by atoms with Crippen molar-refractivity contribution < 1.29 is 9.53 Å². The molecule has 2 rings (SSSR count). The summed E-state index contributed by atoms with van der Waals surface area (Å²) in [6, 6.07) is 17.9. The lowest BCUT2D eigenvalue weighted by Gasteiger charge is -2.10. The Hall–Kier alpha value is -2.49. The van der Waals surface area contributed by atoms with Gasteiger partial charge in [0, 0.05) is 18.3 Å². The van der Waals surface area contributed by atoms with E-state index in [2.05, 4.69) is 17.6 Å². The van der Waals surface area contributed by atoms with Gasteiger partial charge in [0.25, 0.3) is 0 Å². The normalized spacial score (nSPS) is 10.8. The Morgan fingerprint density at radius 1 is 0.714 bits per heavy atom. The Balaban J connectivity index is 1.41. The molecular weight excluding hydrogens is 432 g/mol. The molecule has 0 fully saturated rings. The lowest BCUT2D eigenvalue weighted by molar-refractivity contribution is -0.119. The fourth-order valence-electron chi connectivity index (χ4n) is 4.23. The van der Waals surface area contributed by atoms with Crippen molar-refractivity contribution in [1.82, 2.24) is 5.32 Å². The Morgan fingerprint density at radius 3 is 1.94 bits per heavy atom. The molecule has 2 aromatic carbocycles. The van der Waals surface area contributed by atoms with Gasteiger partial charge in [0.05, 0.1) is 6.54 Å². The number of hydrogen-bond acceptors (Lipinski definition) is 3. The SMILES string of the molecule is CCCCCCCCCCCCCCCCNC(=O)CNc1cccc(OCc2ccccc2)c1. The first-order chi connectivity index (χ1) is 17.3. The summed E-state index contributed by atoms with van der Waals surface area (Å²) >= 11 is 0. The molecule has 0 saturated carbocycles. The third kappa shape index (κ3) is 15.2. The van der Waals surface area contributed by atoms with Crippen molar-refractivity contribution in [3.63, 3.8) is 0 Å². The molecule has 4 nitrogen and oxygen atoms in total. The molecule has 0 aromatic heterocycles. The zero-order valence-corrected chi connectivity index (χ0v) is 22.0. The van der Waals surface area contributed by atoms with Gasteiger partial charge in [0.2, 0.25) is 5.91 Å². The maximum atomic E-state index is 12.1. The monoisotopic (exact) mass is 480 g/mol. The maximum Gasteiger partial charge on any atom is 0.239 e. The van der Waals surface area contributed by atoms with Crippen LogP contribution in [0.1, 0.15) is 102 Å². The van der Waals surface area contributed by atoms with Crippen LogP contribution in [0.15, 0.2) is 54.6 Å². The summed E-state index contributed by atoms with van der Waals surface area (Å²) in [7, 11) is 0. The summed E-state index contributed by atoms with van der Waals surface area (Å²) in [5, 5.41) is 6.22. The van der Waals surface area contributed by atoms with E-state index in [0.29, 0.717) is 6.61 Å². The van der Waals surface area contributed by atoms with E-state index in [9.17, 15) is 4.79 Å². The lowest BCUT2D eigenvalue weighted by atomic mass is 10.0. The molecule has 0 aliphatic carbocycles. The number of carbonyl (C=O) groups excluding carboxylic acids is 1. The maximum absolute atomic E-state index is 12.1. The van der Waals surface area contributed by atoms with Gasteiger partial charge in [-0.25, -0.2) is 0 Å². The smallest absolute Gasteiger partial charge is 0.239 e. The third-order valence-electron chi connectivity index (χ3n) is 6.39. The minimum atomic E-state index is 0.0373.